The van der Waals surface area contributed by atoms with E-state index in [4.69, 9.17) is 0 Å². The molecule has 5 nitrogen and oxygen atoms in total. The Labute approximate surface area is 200 Å². The Kier molecular flexibility index (Phi) is 6.15. The van der Waals surface area contributed by atoms with E-state index in [2.05, 4.69) is 21.7 Å². The molecule has 33 heavy (non-hydrogen) atoms. The number of benzene rings is 3. The van der Waals surface area contributed by atoms with Gasteiger partial charge in [0.05, 0.1) is 10.2 Å². The maximum absolute atomic E-state index is 13.4. The van der Waals surface area contributed by atoms with Gasteiger partial charge in [-0.15, -0.1) is 11.8 Å². The predicted octanol–water partition coefficient (Wildman–Crippen LogP) is 6.43. The lowest BCUT2D eigenvalue weighted by molar-refractivity contribution is -0.117. The summed E-state index contributed by atoms with van der Waals surface area (Å²) < 4.78 is 1.05. The number of aromatic nitrogens is 1. The molecule has 7 heteroatoms. The van der Waals surface area contributed by atoms with E-state index in [9.17, 15) is 9.59 Å². The van der Waals surface area contributed by atoms with Crippen molar-refractivity contribution < 1.29 is 9.59 Å². The third kappa shape index (κ3) is 5.26. The van der Waals surface area contributed by atoms with Crippen molar-refractivity contribution in [2.75, 3.05) is 10.6 Å². The van der Waals surface area contributed by atoms with E-state index in [0.29, 0.717) is 5.13 Å². The summed E-state index contributed by atoms with van der Waals surface area (Å²) in [5, 5.41) is 6.13. The summed E-state index contributed by atoms with van der Waals surface area (Å²) in [6.45, 7) is 2.04. The van der Waals surface area contributed by atoms with Crippen molar-refractivity contribution in [2.24, 2.45) is 5.92 Å². The quantitative estimate of drug-likeness (QED) is 0.304. The lowest BCUT2D eigenvalue weighted by Crippen LogP contribution is -2.19. The molecule has 0 saturated heterocycles. The van der Waals surface area contributed by atoms with Crippen LogP contribution in [-0.2, 0) is 9.59 Å². The molecule has 0 aliphatic heterocycles. The first-order valence-corrected chi connectivity index (χ1v) is 12.6. The first kappa shape index (κ1) is 21.7. The third-order valence-electron chi connectivity index (χ3n) is 5.42. The number of anilines is 2. The van der Waals surface area contributed by atoms with Crippen molar-refractivity contribution in [3.8, 4) is 0 Å². The number of nitrogens with one attached hydrogen (secondary N) is 2. The summed E-state index contributed by atoms with van der Waals surface area (Å²) in [4.78, 5) is 31.0. The molecule has 1 aliphatic rings. The van der Waals surface area contributed by atoms with Gasteiger partial charge in [0.25, 0.3) is 0 Å². The fraction of sp³-hybridized carbons (Fsp3) is 0.192. The average molecular weight is 474 g/mol. The summed E-state index contributed by atoms with van der Waals surface area (Å²) in [5.74, 6) is 0.0803. The number of amides is 2. The van der Waals surface area contributed by atoms with E-state index < -0.39 is 5.25 Å². The van der Waals surface area contributed by atoms with Crippen LogP contribution in [-0.4, -0.2) is 16.8 Å². The zero-order valence-electron chi connectivity index (χ0n) is 18.1. The molecule has 1 unspecified atom stereocenters. The number of fused-ring (bicyclic) bond motifs is 1. The first-order valence-electron chi connectivity index (χ1n) is 10.9. The van der Waals surface area contributed by atoms with E-state index in [1.165, 1.54) is 23.1 Å². The fourth-order valence-electron chi connectivity index (χ4n) is 3.53. The van der Waals surface area contributed by atoms with Crippen LogP contribution in [0.1, 0.15) is 29.2 Å². The van der Waals surface area contributed by atoms with Crippen LogP contribution in [0.2, 0.25) is 0 Å². The Morgan fingerprint density at radius 3 is 2.61 bits per heavy atom. The second-order valence-corrected chi connectivity index (χ2v) is 10.4. The van der Waals surface area contributed by atoms with E-state index in [0.717, 1.165) is 44.8 Å². The Morgan fingerprint density at radius 1 is 1.00 bits per heavy atom. The number of hydrogen-bond donors (Lipinski definition) is 2. The molecule has 2 amide bonds. The molecular formula is C26H23N3O2S2. The van der Waals surface area contributed by atoms with E-state index in [1.54, 1.807) is 0 Å². The van der Waals surface area contributed by atoms with Crippen LogP contribution >= 0.6 is 23.1 Å². The van der Waals surface area contributed by atoms with E-state index in [-0.39, 0.29) is 17.7 Å². The number of thioether (sulfide) groups is 1. The molecule has 1 aromatic heterocycles. The van der Waals surface area contributed by atoms with E-state index >= 15 is 0 Å². The molecule has 5 rings (SSSR count). The second-order valence-electron chi connectivity index (χ2n) is 8.18. The van der Waals surface area contributed by atoms with E-state index in [1.807, 2.05) is 73.7 Å². The summed E-state index contributed by atoms with van der Waals surface area (Å²) in [6, 6.07) is 23.5. The Bertz CT molecular complexity index is 1320. The Morgan fingerprint density at radius 2 is 1.82 bits per heavy atom. The summed E-state index contributed by atoms with van der Waals surface area (Å²) in [5.41, 5.74) is 3.70. The second kappa shape index (κ2) is 9.37. The van der Waals surface area contributed by atoms with Gasteiger partial charge in [-0.2, -0.15) is 0 Å². The minimum absolute atomic E-state index is 0.0700. The maximum Gasteiger partial charge on any atom is 0.244 e. The summed E-state index contributed by atoms with van der Waals surface area (Å²) in [7, 11) is 0. The fourth-order valence-corrected chi connectivity index (χ4v) is 5.58. The molecule has 0 spiro atoms. The summed E-state index contributed by atoms with van der Waals surface area (Å²) in [6.07, 6.45) is 1.92. The highest BCUT2D eigenvalue weighted by Gasteiger charge is 2.29. The van der Waals surface area contributed by atoms with Gasteiger partial charge < -0.3 is 10.6 Å². The molecule has 1 heterocycles. The minimum Gasteiger partial charge on any atom is -0.326 e. The third-order valence-corrected chi connectivity index (χ3v) is 7.60. The predicted molar refractivity (Wildman–Crippen MR) is 136 cm³/mol. The first-order chi connectivity index (χ1) is 16.0. The molecular weight excluding hydrogens is 450 g/mol. The average Bonchev–Trinajstić information content (AvgIpc) is 3.59. The van der Waals surface area contributed by atoms with Gasteiger partial charge in [0.2, 0.25) is 11.8 Å². The maximum atomic E-state index is 13.4. The number of rotatable bonds is 7. The van der Waals surface area contributed by atoms with Crippen LogP contribution < -0.4 is 10.6 Å². The van der Waals surface area contributed by atoms with Crippen LogP contribution in [0.4, 0.5) is 10.8 Å². The Balaban J connectivity index is 1.37. The number of nitrogens with zero attached hydrogens (tertiary/aromatic N) is 1. The highest BCUT2D eigenvalue weighted by atomic mass is 32.2. The van der Waals surface area contributed by atoms with Gasteiger partial charge in [-0.3, -0.25) is 9.59 Å². The molecule has 166 valence electrons. The number of hydrogen-bond acceptors (Lipinski definition) is 5. The highest BCUT2D eigenvalue weighted by molar-refractivity contribution is 8.00. The van der Waals surface area contributed by atoms with Gasteiger partial charge in [0, 0.05) is 16.5 Å². The smallest absolute Gasteiger partial charge is 0.244 e. The van der Waals surface area contributed by atoms with Crippen LogP contribution in [0.25, 0.3) is 10.2 Å². The summed E-state index contributed by atoms with van der Waals surface area (Å²) >= 11 is 2.93. The SMILES string of the molecule is Cc1ccc2nc(NC(=O)C(Sc3cccc(NC(=O)C4CC4)c3)c3ccccc3)sc2c1. The highest BCUT2D eigenvalue weighted by Crippen LogP contribution is 2.38. The lowest BCUT2D eigenvalue weighted by Gasteiger charge is -2.17. The van der Waals surface area contributed by atoms with Gasteiger partial charge in [0.1, 0.15) is 5.25 Å². The number of thiazole rings is 1. The standard InChI is InChI=1S/C26H23N3O2S2/c1-16-10-13-21-22(14-16)33-26(28-21)29-25(31)23(17-6-3-2-4-7-17)32-20-9-5-8-19(15-20)27-24(30)18-11-12-18/h2-10,13-15,18,23H,11-12H2,1H3,(H,27,30)(H,28,29,31). The molecule has 0 bridgehead atoms. The van der Waals surface area contributed by atoms with Crippen molar-refractivity contribution in [2.45, 2.75) is 29.9 Å². The lowest BCUT2D eigenvalue weighted by atomic mass is 10.1. The van der Waals surface area contributed by atoms with Gasteiger partial charge >= 0.3 is 0 Å². The van der Waals surface area contributed by atoms with Crippen molar-refractivity contribution in [3.05, 3.63) is 83.9 Å². The topological polar surface area (TPSA) is 71.1 Å². The van der Waals surface area contributed by atoms with Crippen molar-refractivity contribution in [3.63, 3.8) is 0 Å². The zero-order chi connectivity index (χ0) is 22.8. The Hall–Kier alpha value is -3.16. The molecule has 1 saturated carbocycles. The molecule has 1 atom stereocenters. The molecule has 1 fully saturated rings. The molecule has 0 radical (unpaired) electrons. The molecule has 1 aliphatic carbocycles. The number of carbonyl (C=O) groups excluding carboxylic acids is 2. The van der Waals surface area contributed by atoms with Gasteiger partial charge in [-0.05, 0) is 61.2 Å². The van der Waals surface area contributed by atoms with Gasteiger partial charge in [0.15, 0.2) is 5.13 Å². The largest absolute Gasteiger partial charge is 0.326 e. The van der Waals surface area contributed by atoms with Crippen LogP contribution in [0.15, 0.2) is 77.7 Å². The van der Waals surface area contributed by atoms with Crippen molar-refractivity contribution >= 4 is 55.9 Å². The zero-order valence-corrected chi connectivity index (χ0v) is 19.7. The number of carbonyl (C=O) groups is 2. The molecule has 4 aromatic rings. The number of aryl methyl sites for hydroxylation is 1. The van der Waals surface area contributed by atoms with Crippen molar-refractivity contribution in [1.82, 2.24) is 4.98 Å². The normalized spacial score (nSPS) is 14.1. The van der Waals surface area contributed by atoms with Crippen molar-refractivity contribution in [1.29, 1.82) is 0 Å². The molecule has 2 N–H and O–H groups in total. The van der Waals surface area contributed by atoms with Crippen LogP contribution in [0.5, 0.6) is 0 Å². The minimum atomic E-state index is -0.464. The van der Waals surface area contributed by atoms with Gasteiger partial charge in [-0.25, -0.2) is 4.98 Å². The molecule has 3 aromatic carbocycles. The van der Waals surface area contributed by atoms with Crippen LogP contribution in [0, 0.1) is 12.8 Å². The monoisotopic (exact) mass is 473 g/mol. The van der Waals surface area contributed by atoms with Crippen LogP contribution in [0.3, 0.4) is 0 Å². The van der Waals surface area contributed by atoms with Gasteiger partial charge in [-0.1, -0.05) is 53.8 Å².